The van der Waals surface area contributed by atoms with Gasteiger partial charge in [-0.05, 0) is 64.2 Å². The highest BCUT2D eigenvalue weighted by atomic mass is 32.1. The Morgan fingerprint density at radius 2 is 1.10 bits per heavy atom. The maximum atomic E-state index is 14.8. The molecule has 9 nitrogen and oxygen atoms in total. The smallest absolute Gasteiger partial charge is 0.416 e. The Bertz CT molecular complexity index is 2910. The number of carbonyl (C=O) groups is 5. The molecular formula is C45H24F6N2O7S2. The Morgan fingerprint density at radius 1 is 0.613 bits per heavy atom. The zero-order chi connectivity index (χ0) is 43.7. The van der Waals surface area contributed by atoms with Gasteiger partial charge in [0.2, 0.25) is 11.6 Å². The minimum absolute atomic E-state index is 0.0192. The molecule has 0 N–H and O–H groups in total. The molecule has 9 rings (SSSR count). The first-order chi connectivity index (χ1) is 29.5. The minimum atomic E-state index is -4.79. The molecule has 0 amide bonds. The van der Waals surface area contributed by atoms with Crippen LogP contribution < -0.4 is 0 Å². The fourth-order valence-corrected chi connectivity index (χ4v) is 9.78. The maximum Gasteiger partial charge on any atom is 0.416 e. The van der Waals surface area contributed by atoms with E-state index in [1.165, 1.54) is 18.2 Å². The molecule has 4 aromatic carbocycles. The first kappa shape index (κ1) is 40.6. The summed E-state index contributed by atoms with van der Waals surface area (Å²) >= 11 is 1.82. The van der Waals surface area contributed by atoms with Gasteiger partial charge in [0, 0.05) is 23.1 Å². The van der Waals surface area contributed by atoms with Crippen LogP contribution in [0.2, 0.25) is 0 Å². The highest BCUT2D eigenvalue weighted by Gasteiger charge is 2.63. The Balaban J connectivity index is 1.20. The number of halogens is 6. The van der Waals surface area contributed by atoms with Gasteiger partial charge in [-0.25, -0.2) is 19.6 Å². The van der Waals surface area contributed by atoms with Crippen molar-refractivity contribution in [1.29, 1.82) is 0 Å². The SMILES string of the molecule is O=C1Cc2cc(C(F)(F)F)ccc2/C1=C/c1nc2c(s1)-c1sc(/C=C3\C(=O)C(=O)c4cc(C(F)(F)F)ccc43)nc1C2(C(=O)OCc1ccccc1)C(=O)OCc1ccccc1. The van der Waals surface area contributed by atoms with Gasteiger partial charge in [-0.15, -0.1) is 22.7 Å². The third kappa shape index (κ3) is 6.86. The highest BCUT2D eigenvalue weighted by Crippen LogP contribution is 2.55. The number of alkyl halides is 6. The molecule has 0 saturated carbocycles. The van der Waals surface area contributed by atoms with Gasteiger partial charge in [0.1, 0.15) is 23.2 Å². The van der Waals surface area contributed by atoms with Crippen molar-refractivity contribution < 1.29 is 59.8 Å². The average molecular weight is 883 g/mol. The number of ether oxygens (including phenoxy) is 2. The normalized spacial score (nSPS) is 16.4. The molecule has 3 aliphatic carbocycles. The van der Waals surface area contributed by atoms with Crippen LogP contribution in [0, 0.1) is 0 Å². The molecule has 3 aliphatic rings. The summed E-state index contributed by atoms with van der Waals surface area (Å²) < 4.78 is 92.9. The summed E-state index contributed by atoms with van der Waals surface area (Å²) in [6, 6.07) is 22.4. The van der Waals surface area contributed by atoms with E-state index in [1.54, 1.807) is 60.7 Å². The number of benzene rings is 4. The lowest BCUT2D eigenvalue weighted by molar-refractivity contribution is -0.164. The number of hydrogen-bond acceptors (Lipinski definition) is 11. The molecule has 0 aliphatic heterocycles. The van der Waals surface area contributed by atoms with Gasteiger partial charge in [-0.2, -0.15) is 26.3 Å². The third-order valence-electron chi connectivity index (χ3n) is 10.5. The standard InChI is InChI=1S/C45H24F6N2O7S2/c46-44(47,48)25-11-13-27-24(15-25)16-32(54)29(27)18-33-52-39-37(61-33)38-40(53-34(62-38)19-31-28-14-12-26(45(49,50)51)17-30(28)35(55)36(31)56)43(39,41(57)59-20-22-7-3-1-4-8-22)42(58)60-21-23-9-5-2-6-10-23/h1-15,17-19H,16,20-21H2/b29-18-,31-19-. The Labute approximate surface area is 354 Å². The first-order valence-electron chi connectivity index (χ1n) is 18.5. The van der Waals surface area contributed by atoms with Gasteiger partial charge in [-0.1, -0.05) is 72.8 Å². The van der Waals surface area contributed by atoms with Crippen LogP contribution in [0.4, 0.5) is 26.3 Å². The Hall–Kier alpha value is -6.85. The van der Waals surface area contributed by atoms with Crippen LogP contribution in [0.5, 0.6) is 0 Å². The second-order valence-corrected chi connectivity index (χ2v) is 16.4. The maximum absolute atomic E-state index is 14.8. The number of fused-ring (bicyclic) bond motifs is 5. The molecule has 0 spiro atoms. The van der Waals surface area contributed by atoms with Crippen LogP contribution in [-0.4, -0.2) is 39.3 Å². The van der Waals surface area contributed by atoms with Crippen molar-refractivity contribution in [2.45, 2.75) is 37.4 Å². The fourth-order valence-electron chi connectivity index (χ4n) is 7.51. The van der Waals surface area contributed by atoms with Crippen molar-refractivity contribution in [2.24, 2.45) is 0 Å². The predicted molar refractivity (Wildman–Crippen MR) is 213 cm³/mol. The summed E-state index contributed by atoms with van der Waals surface area (Å²) in [5.74, 6) is -5.04. The molecule has 0 fully saturated rings. The van der Waals surface area contributed by atoms with Crippen LogP contribution in [0.3, 0.4) is 0 Å². The van der Waals surface area contributed by atoms with E-state index in [0.717, 1.165) is 46.9 Å². The van der Waals surface area contributed by atoms with Gasteiger partial charge >= 0.3 is 24.3 Å². The molecule has 0 saturated heterocycles. The van der Waals surface area contributed by atoms with Crippen molar-refractivity contribution in [3.63, 3.8) is 0 Å². The predicted octanol–water partition coefficient (Wildman–Crippen LogP) is 9.36. The van der Waals surface area contributed by atoms with E-state index in [9.17, 15) is 50.3 Å². The van der Waals surface area contributed by atoms with Crippen molar-refractivity contribution in [3.05, 3.63) is 163 Å². The fraction of sp³-hybridized carbons (Fsp3) is 0.133. The van der Waals surface area contributed by atoms with Gasteiger partial charge < -0.3 is 9.47 Å². The lowest BCUT2D eigenvalue weighted by Crippen LogP contribution is -2.46. The van der Waals surface area contributed by atoms with Crippen LogP contribution in [0.15, 0.2) is 97.1 Å². The van der Waals surface area contributed by atoms with E-state index in [-0.39, 0.29) is 78.6 Å². The third-order valence-corrected chi connectivity index (χ3v) is 12.7. The monoisotopic (exact) mass is 882 g/mol. The number of esters is 2. The molecule has 2 aromatic heterocycles. The summed E-state index contributed by atoms with van der Waals surface area (Å²) in [4.78, 5) is 78.8. The number of aromatic nitrogens is 2. The van der Waals surface area contributed by atoms with E-state index in [1.807, 2.05) is 0 Å². The molecule has 310 valence electrons. The second kappa shape index (κ2) is 15.0. The number of allylic oxidation sites excluding steroid dienone is 2. The zero-order valence-electron chi connectivity index (χ0n) is 31.4. The van der Waals surface area contributed by atoms with E-state index in [2.05, 4.69) is 4.98 Å². The average Bonchev–Trinajstić information content (AvgIpc) is 4.03. The molecule has 0 unspecified atom stereocenters. The lowest BCUT2D eigenvalue weighted by atomic mass is 9.84. The first-order valence-corrected chi connectivity index (χ1v) is 20.1. The van der Waals surface area contributed by atoms with E-state index in [4.69, 9.17) is 14.5 Å². The van der Waals surface area contributed by atoms with Crippen LogP contribution in [0.25, 0.3) is 33.1 Å². The van der Waals surface area contributed by atoms with Crippen molar-refractivity contribution >= 4 is 75.3 Å². The van der Waals surface area contributed by atoms with E-state index >= 15 is 0 Å². The summed E-state index contributed by atoms with van der Waals surface area (Å²) in [5.41, 5.74) is -4.15. The number of hydrogen-bond donors (Lipinski definition) is 0. The number of nitrogens with zero attached hydrogens (tertiary/aromatic N) is 2. The molecule has 0 bridgehead atoms. The number of ketones is 3. The van der Waals surface area contributed by atoms with Gasteiger partial charge in [0.15, 0.2) is 5.78 Å². The topological polar surface area (TPSA) is 130 Å². The van der Waals surface area contributed by atoms with Crippen molar-refractivity contribution in [2.75, 3.05) is 0 Å². The minimum Gasteiger partial charge on any atom is -0.459 e. The molecule has 0 radical (unpaired) electrons. The van der Waals surface area contributed by atoms with Crippen LogP contribution in [-0.2, 0) is 66.1 Å². The number of thiazole rings is 2. The van der Waals surface area contributed by atoms with Gasteiger partial charge in [0.05, 0.1) is 32.3 Å². The molecule has 2 heterocycles. The summed E-state index contributed by atoms with van der Waals surface area (Å²) in [5, 5.41) is 0.0708. The van der Waals surface area contributed by atoms with E-state index in [0.29, 0.717) is 17.2 Å². The summed E-state index contributed by atoms with van der Waals surface area (Å²) in [6.45, 7) is -0.614. The summed E-state index contributed by atoms with van der Waals surface area (Å²) in [6.07, 6.45) is -7.20. The van der Waals surface area contributed by atoms with Crippen molar-refractivity contribution in [1.82, 2.24) is 9.97 Å². The highest BCUT2D eigenvalue weighted by molar-refractivity contribution is 7.23. The number of carbonyl (C=O) groups excluding carboxylic acids is 5. The van der Waals surface area contributed by atoms with Gasteiger partial charge in [-0.3, -0.25) is 14.4 Å². The largest absolute Gasteiger partial charge is 0.459 e. The van der Waals surface area contributed by atoms with Crippen LogP contribution in [0.1, 0.15) is 70.7 Å². The molecular weight excluding hydrogens is 859 g/mol. The van der Waals surface area contributed by atoms with E-state index < -0.39 is 63.7 Å². The molecule has 62 heavy (non-hydrogen) atoms. The number of Topliss-reactive ketones (excluding diaryl/α,β-unsaturated/α-hetero) is 3. The molecule has 0 atom stereocenters. The zero-order valence-corrected chi connectivity index (χ0v) is 33.0. The second-order valence-electron chi connectivity index (χ2n) is 14.3. The summed E-state index contributed by atoms with van der Waals surface area (Å²) in [7, 11) is 0. The van der Waals surface area contributed by atoms with Crippen LogP contribution >= 0.6 is 22.7 Å². The van der Waals surface area contributed by atoms with Gasteiger partial charge in [0.25, 0.3) is 5.41 Å². The number of rotatable bonds is 8. The molecule has 17 heteroatoms. The quantitative estimate of drug-likeness (QED) is 0.0483. The Morgan fingerprint density at radius 3 is 1.61 bits per heavy atom. The van der Waals surface area contributed by atoms with Crippen molar-refractivity contribution in [3.8, 4) is 9.75 Å². The molecule has 6 aromatic rings. The lowest BCUT2D eigenvalue weighted by Gasteiger charge is -2.24. The Kier molecular flexibility index (Phi) is 9.78.